The highest BCUT2D eigenvalue weighted by Crippen LogP contribution is 2.27. The van der Waals surface area contributed by atoms with Gasteiger partial charge in [-0.3, -0.25) is 20.2 Å². The van der Waals surface area contributed by atoms with Crippen molar-refractivity contribution in [3.63, 3.8) is 0 Å². The first-order chi connectivity index (χ1) is 12.5. The molecule has 1 saturated heterocycles. The Morgan fingerprint density at radius 3 is 2.54 bits per heavy atom. The third-order valence-corrected chi connectivity index (χ3v) is 3.75. The van der Waals surface area contributed by atoms with Gasteiger partial charge in [-0.15, -0.1) is 0 Å². The molecule has 1 aromatic heterocycles. The lowest BCUT2D eigenvalue weighted by atomic mass is 10.1. The van der Waals surface area contributed by atoms with E-state index in [-0.39, 0.29) is 23.1 Å². The first kappa shape index (κ1) is 17.6. The average Bonchev–Trinajstić information content (AvgIpc) is 3.07. The number of amides is 2. The highest BCUT2D eigenvalue weighted by atomic mass is 32.1. The lowest BCUT2D eigenvalue weighted by Gasteiger charge is -2.15. The standard InChI is InChI=1S/C18H14N2O5S/c1-2-24-17(23)12-6-4-3-5-11(12)14-8-7-10(25-14)9-13-15(21)19-18(26)20-16(13)22/h3-9H,2H2,1H3,(H2,19,20,21,22,26). The average molecular weight is 370 g/mol. The highest BCUT2D eigenvalue weighted by Gasteiger charge is 2.26. The normalized spacial score (nSPS) is 13.9. The maximum Gasteiger partial charge on any atom is 0.338 e. The zero-order valence-corrected chi connectivity index (χ0v) is 14.5. The summed E-state index contributed by atoms with van der Waals surface area (Å²) in [6.45, 7) is 1.98. The number of furan rings is 1. The van der Waals surface area contributed by atoms with Crippen LogP contribution in [0.15, 0.2) is 46.4 Å². The fourth-order valence-electron chi connectivity index (χ4n) is 2.41. The molecular weight excluding hydrogens is 356 g/mol. The van der Waals surface area contributed by atoms with Crippen LogP contribution in [0.5, 0.6) is 0 Å². The molecular formula is C18H14N2O5S. The quantitative estimate of drug-likeness (QED) is 0.370. The van der Waals surface area contributed by atoms with Crippen LogP contribution in [0.4, 0.5) is 0 Å². The Morgan fingerprint density at radius 2 is 1.85 bits per heavy atom. The zero-order chi connectivity index (χ0) is 18.7. The van der Waals surface area contributed by atoms with Crippen LogP contribution in [-0.2, 0) is 14.3 Å². The van der Waals surface area contributed by atoms with Gasteiger partial charge in [0.1, 0.15) is 17.1 Å². The SMILES string of the molecule is CCOC(=O)c1ccccc1-c1ccc(C=C2C(=O)NC(=S)NC2=O)o1. The monoisotopic (exact) mass is 370 g/mol. The predicted molar refractivity (Wildman–Crippen MR) is 97.0 cm³/mol. The Kier molecular flexibility index (Phi) is 4.94. The molecule has 0 spiro atoms. The lowest BCUT2D eigenvalue weighted by molar-refractivity contribution is -0.123. The molecule has 132 valence electrons. The van der Waals surface area contributed by atoms with Gasteiger partial charge in [0.15, 0.2) is 5.11 Å². The maximum absolute atomic E-state index is 12.1. The van der Waals surface area contributed by atoms with E-state index in [1.54, 1.807) is 43.3 Å². The van der Waals surface area contributed by atoms with Gasteiger partial charge in [-0.25, -0.2) is 4.79 Å². The molecule has 0 bridgehead atoms. The Bertz CT molecular complexity index is 923. The van der Waals surface area contributed by atoms with Crippen LogP contribution in [0.25, 0.3) is 17.4 Å². The van der Waals surface area contributed by atoms with Crippen LogP contribution < -0.4 is 10.6 Å². The number of ether oxygens (including phenoxy) is 1. The third-order valence-electron chi connectivity index (χ3n) is 3.54. The number of thiocarbonyl (C=S) groups is 1. The zero-order valence-electron chi connectivity index (χ0n) is 13.7. The van der Waals surface area contributed by atoms with Crippen molar-refractivity contribution in [2.24, 2.45) is 0 Å². The van der Waals surface area contributed by atoms with E-state index in [4.69, 9.17) is 21.4 Å². The van der Waals surface area contributed by atoms with Crippen molar-refractivity contribution in [1.82, 2.24) is 10.6 Å². The number of nitrogens with one attached hydrogen (secondary N) is 2. The van der Waals surface area contributed by atoms with Crippen molar-refractivity contribution in [3.8, 4) is 11.3 Å². The molecule has 3 rings (SSSR count). The number of esters is 1. The second kappa shape index (κ2) is 7.32. The van der Waals surface area contributed by atoms with Crippen LogP contribution >= 0.6 is 12.2 Å². The number of benzene rings is 1. The molecule has 0 saturated carbocycles. The number of hydrogen-bond acceptors (Lipinski definition) is 6. The fourth-order valence-corrected chi connectivity index (χ4v) is 2.59. The van der Waals surface area contributed by atoms with E-state index in [2.05, 4.69) is 10.6 Å². The van der Waals surface area contributed by atoms with E-state index < -0.39 is 17.8 Å². The summed E-state index contributed by atoms with van der Waals surface area (Å²) in [5, 5.41) is 4.65. The summed E-state index contributed by atoms with van der Waals surface area (Å²) < 4.78 is 10.7. The number of hydrogen-bond donors (Lipinski definition) is 2. The minimum Gasteiger partial charge on any atom is -0.462 e. The second-order valence-electron chi connectivity index (χ2n) is 5.26. The van der Waals surface area contributed by atoms with Gasteiger partial charge in [-0.1, -0.05) is 18.2 Å². The third kappa shape index (κ3) is 3.55. The summed E-state index contributed by atoms with van der Waals surface area (Å²) in [5.41, 5.74) is 0.786. The summed E-state index contributed by atoms with van der Waals surface area (Å²) in [6.07, 6.45) is 1.31. The van der Waals surface area contributed by atoms with E-state index in [1.807, 2.05) is 0 Å². The Balaban J connectivity index is 1.93. The van der Waals surface area contributed by atoms with Crippen molar-refractivity contribution < 1.29 is 23.5 Å². The molecule has 2 amide bonds. The highest BCUT2D eigenvalue weighted by molar-refractivity contribution is 7.80. The van der Waals surface area contributed by atoms with Crippen molar-refractivity contribution in [1.29, 1.82) is 0 Å². The van der Waals surface area contributed by atoms with E-state index in [0.717, 1.165) is 0 Å². The molecule has 0 unspecified atom stereocenters. The molecule has 2 N–H and O–H groups in total. The minimum atomic E-state index is -0.608. The Labute approximate surface area is 154 Å². The lowest BCUT2D eigenvalue weighted by Crippen LogP contribution is -2.51. The van der Waals surface area contributed by atoms with Crippen LogP contribution in [0.3, 0.4) is 0 Å². The van der Waals surface area contributed by atoms with Gasteiger partial charge in [0.25, 0.3) is 11.8 Å². The molecule has 1 aromatic carbocycles. The summed E-state index contributed by atoms with van der Waals surface area (Å²) in [6, 6.07) is 10.1. The summed E-state index contributed by atoms with van der Waals surface area (Å²) >= 11 is 4.75. The Morgan fingerprint density at radius 1 is 1.15 bits per heavy atom. The number of carbonyl (C=O) groups excluding carboxylic acids is 3. The van der Waals surface area contributed by atoms with E-state index in [0.29, 0.717) is 16.9 Å². The van der Waals surface area contributed by atoms with Crippen molar-refractivity contribution in [2.45, 2.75) is 6.92 Å². The molecule has 1 aliphatic heterocycles. The maximum atomic E-state index is 12.1. The van der Waals surface area contributed by atoms with Gasteiger partial charge < -0.3 is 9.15 Å². The van der Waals surface area contributed by atoms with Crippen molar-refractivity contribution in [2.75, 3.05) is 6.61 Å². The van der Waals surface area contributed by atoms with Crippen LogP contribution in [0, 0.1) is 0 Å². The van der Waals surface area contributed by atoms with Gasteiger partial charge in [-0.05, 0) is 43.4 Å². The molecule has 7 nitrogen and oxygen atoms in total. The van der Waals surface area contributed by atoms with Gasteiger partial charge in [-0.2, -0.15) is 0 Å². The minimum absolute atomic E-state index is 0.0411. The van der Waals surface area contributed by atoms with E-state index in [1.165, 1.54) is 6.08 Å². The first-order valence-electron chi connectivity index (χ1n) is 7.74. The molecule has 1 fully saturated rings. The van der Waals surface area contributed by atoms with Gasteiger partial charge in [0.05, 0.1) is 12.2 Å². The van der Waals surface area contributed by atoms with E-state index in [9.17, 15) is 14.4 Å². The molecule has 0 radical (unpaired) electrons. The molecule has 8 heteroatoms. The number of carbonyl (C=O) groups is 3. The first-order valence-corrected chi connectivity index (χ1v) is 8.15. The van der Waals surface area contributed by atoms with Crippen molar-refractivity contribution >= 4 is 41.2 Å². The fraction of sp³-hybridized carbons (Fsp3) is 0.111. The summed E-state index contributed by atoms with van der Waals surface area (Å²) in [5.74, 6) is -0.981. The van der Waals surface area contributed by atoms with Gasteiger partial charge in [0, 0.05) is 5.56 Å². The smallest absolute Gasteiger partial charge is 0.338 e. The summed E-state index contributed by atoms with van der Waals surface area (Å²) in [7, 11) is 0. The molecule has 26 heavy (non-hydrogen) atoms. The molecule has 0 atom stereocenters. The van der Waals surface area contributed by atoms with Gasteiger partial charge in [0.2, 0.25) is 0 Å². The van der Waals surface area contributed by atoms with E-state index >= 15 is 0 Å². The van der Waals surface area contributed by atoms with Crippen LogP contribution in [0.2, 0.25) is 0 Å². The Hall–Kier alpha value is -3.26. The molecule has 2 aromatic rings. The molecule has 2 heterocycles. The van der Waals surface area contributed by atoms with Crippen LogP contribution in [0.1, 0.15) is 23.0 Å². The molecule has 0 aliphatic carbocycles. The van der Waals surface area contributed by atoms with Gasteiger partial charge >= 0.3 is 5.97 Å². The van der Waals surface area contributed by atoms with Crippen LogP contribution in [-0.4, -0.2) is 29.5 Å². The summed E-state index contributed by atoms with van der Waals surface area (Å²) in [4.78, 5) is 35.8. The molecule has 1 aliphatic rings. The second-order valence-corrected chi connectivity index (χ2v) is 5.67. The predicted octanol–water partition coefficient (Wildman–Crippen LogP) is 2.04. The number of rotatable bonds is 4. The van der Waals surface area contributed by atoms with Crippen molar-refractivity contribution in [3.05, 3.63) is 53.3 Å². The largest absolute Gasteiger partial charge is 0.462 e. The topological polar surface area (TPSA) is 97.6 Å².